The second kappa shape index (κ2) is 12.4. The van der Waals surface area contributed by atoms with Gasteiger partial charge in [0.2, 0.25) is 5.76 Å². The van der Waals surface area contributed by atoms with Crippen LogP contribution >= 0.6 is 0 Å². The molecule has 0 spiro atoms. The van der Waals surface area contributed by atoms with Crippen LogP contribution in [0.15, 0.2) is 94.2 Å². The van der Waals surface area contributed by atoms with Crippen LogP contribution in [0.4, 0.5) is 17.6 Å². The fraction of sp³-hybridized carbons (Fsp3) is 0.212. The molecule has 0 bridgehead atoms. The van der Waals surface area contributed by atoms with Gasteiger partial charge in [-0.25, -0.2) is 12.8 Å². The number of sulfone groups is 1. The van der Waals surface area contributed by atoms with Crippen molar-refractivity contribution in [3.8, 4) is 16.9 Å². The lowest BCUT2D eigenvalue weighted by atomic mass is 10.0. The van der Waals surface area contributed by atoms with Crippen molar-refractivity contribution in [2.24, 2.45) is 0 Å². The summed E-state index contributed by atoms with van der Waals surface area (Å²) in [6.07, 6.45) is -3.67. The SMILES string of the molecule is COc1cc(-c2cc(F)c(CO)c(S(C)(=O)=O)c2)ccc1CN(Cc1ccc(C(F)(F)F)o1)Cc1cccc2ccccc12. The highest BCUT2D eigenvalue weighted by Gasteiger charge is 2.35. The van der Waals surface area contributed by atoms with E-state index >= 15 is 0 Å². The average molecular weight is 628 g/mol. The summed E-state index contributed by atoms with van der Waals surface area (Å²) in [6, 6.07) is 23.4. The van der Waals surface area contributed by atoms with Crippen molar-refractivity contribution in [3.63, 3.8) is 0 Å². The number of fused-ring (bicyclic) bond motifs is 1. The van der Waals surface area contributed by atoms with Gasteiger partial charge in [0.1, 0.15) is 17.3 Å². The average Bonchev–Trinajstić information content (AvgIpc) is 3.46. The number of aliphatic hydroxyl groups excluding tert-OH is 1. The molecule has 0 saturated heterocycles. The summed E-state index contributed by atoms with van der Waals surface area (Å²) >= 11 is 0. The molecule has 1 heterocycles. The number of hydrogen-bond acceptors (Lipinski definition) is 6. The van der Waals surface area contributed by atoms with Gasteiger partial charge in [-0.3, -0.25) is 4.90 Å². The molecule has 5 rings (SSSR count). The summed E-state index contributed by atoms with van der Waals surface area (Å²) in [5, 5.41) is 11.6. The van der Waals surface area contributed by atoms with Crippen LogP contribution in [-0.2, 0) is 42.3 Å². The molecule has 0 atom stereocenters. The molecule has 5 aromatic rings. The van der Waals surface area contributed by atoms with Gasteiger partial charge in [-0.2, -0.15) is 13.2 Å². The van der Waals surface area contributed by atoms with Gasteiger partial charge in [-0.15, -0.1) is 0 Å². The Morgan fingerprint density at radius 2 is 1.59 bits per heavy atom. The molecule has 0 fully saturated rings. The van der Waals surface area contributed by atoms with Gasteiger partial charge in [0.25, 0.3) is 0 Å². The number of aliphatic hydroxyl groups is 1. The van der Waals surface area contributed by atoms with E-state index in [0.717, 1.165) is 34.7 Å². The first-order chi connectivity index (χ1) is 20.9. The van der Waals surface area contributed by atoms with Crippen molar-refractivity contribution in [3.05, 3.63) is 119 Å². The van der Waals surface area contributed by atoms with Gasteiger partial charge in [-0.05, 0) is 57.8 Å². The van der Waals surface area contributed by atoms with E-state index in [1.807, 2.05) is 47.4 Å². The van der Waals surface area contributed by atoms with Crippen molar-refractivity contribution in [2.45, 2.75) is 37.3 Å². The molecular formula is C33H29F4NO5S. The fourth-order valence-electron chi connectivity index (χ4n) is 5.23. The highest BCUT2D eigenvalue weighted by molar-refractivity contribution is 7.90. The van der Waals surface area contributed by atoms with Gasteiger partial charge in [0, 0.05) is 30.5 Å². The molecule has 0 unspecified atom stereocenters. The Morgan fingerprint density at radius 1 is 0.864 bits per heavy atom. The lowest BCUT2D eigenvalue weighted by molar-refractivity contribution is -0.153. The van der Waals surface area contributed by atoms with Gasteiger partial charge in [0.05, 0.1) is 25.2 Å². The largest absolute Gasteiger partial charge is 0.496 e. The molecule has 6 nitrogen and oxygen atoms in total. The van der Waals surface area contributed by atoms with E-state index in [4.69, 9.17) is 9.15 Å². The monoisotopic (exact) mass is 627 g/mol. The van der Waals surface area contributed by atoms with E-state index < -0.39 is 34.2 Å². The van der Waals surface area contributed by atoms with Crippen LogP contribution in [0.5, 0.6) is 5.75 Å². The molecular weight excluding hydrogens is 598 g/mol. The van der Waals surface area contributed by atoms with Crippen molar-refractivity contribution < 1.29 is 40.2 Å². The van der Waals surface area contributed by atoms with Gasteiger partial charge >= 0.3 is 6.18 Å². The zero-order valence-corrected chi connectivity index (χ0v) is 24.7. The van der Waals surface area contributed by atoms with Gasteiger partial charge in [0.15, 0.2) is 9.84 Å². The van der Waals surface area contributed by atoms with Crippen molar-refractivity contribution in [1.82, 2.24) is 4.90 Å². The number of hydrogen-bond donors (Lipinski definition) is 1. The second-order valence-corrected chi connectivity index (χ2v) is 12.4. The first-order valence-corrected chi connectivity index (χ1v) is 15.4. The normalized spacial score (nSPS) is 12.3. The molecule has 0 saturated carbocycles. The minimum Gasteiger partial charge on any atom is -0.496 e. The Hall–Kier alpha value is -4.19. The quantitative estimate of drug-likeness (QED) is 0.163. The van der Waals surface area contributed by atoms with Crippen LogP contribution in [0.2, 0.25) is 0 Å². The molecule has 4 aromatic carbocycles. The highest BCUT2D eigenvalue weighted by Crippen LogP contribution is 2.34. The fourth-order valence-corrected chi connectivity index (χ4v) is 6.18. The predicted octanol–water partition coefficient (Wildman–Crippen LogP) is 7.36. The summed E-state index contributed by atoms with van der Waals surface area (Å²) in [5.74, 6) is -1.38. The lowest BCUT2D eigenvalue weighted by Gasteiger charge is -2.24. The number of halogens is 4. The van der Waals surface area contributed by atoms with Crippen LogP contribution in [0, 0.1) is 5.82 Å². The standard InChI is InChI=1S/C33H29F4NO5S/c1-42-30-15-22(25-14-29(34)28(20-39)31(16-25)44(2,40)41)10-11-24(30)18-38(19-26-12-13-32(43-26)33(35,36)37)17-23-8-5-7-21-6-3-4-9-27(21)23/h3-16,39H,17-20H2,1-2H3. The lowest BCUT2D eigenvalue weighted by Crippen LogP contribution is -2.22. The molecule has 0 amide bonds. The number of rotatable bonds is 10. The molecule has 0 aliphatic heterocycles. The van der Waals surface area contributed by atoms with Crippen molar-refractivity contribution >= 4 is 20.6 Å². The van der Waals surface area contributed by atoms with E-state index in [1.54, 1.807) is 18.2 Å². The number of methoxy groups -OCH3 is 1. The summed E-state index contributed by atoms with van der Waals surface area (Å²) in [5.41, 5.74) is 2.09. The third kappa shape index (κ3) is 6.80. The Morgan fingerprint density at radius 3 is 2.27 bits per heavy atom. The maximum Gasteiger partial charge on any atom is 0.449 e. The van der Waals surface area contributed by atoms with E-state index in [2.05, 4.69) is 0 Å². The maximum absolute atomic E-state index is 14.8. The topological polar surface area (TPSA) is 80.0 Å². The highest BCUT2D eigenvalue weighted by atomic mass is 32.2. The third-order valence-corrected chi connectivity index (χ3v) is 8.48. The first kappa shape index (κ1) is 31.2. The van der Waals surface area contributed by atoms with E-state index in [1.165, 1.54) is 19.2 Å². The Labute approximate surface area is 252 Å². The maximum atomic E-state index is 14.8. The van der Waals surface area contributed by atoms with Crippen LogP contribution < -0.4 is 4.74 Å². The first-order valence-electron chi connectivity index (χ1n) is 13.5. The summed E-state index contributed by atoms with van der Waals surface area (Å²) in [4.78, 5) is 1.62. The van der Waals surface area contributed by atoms with Crippen LogP contribution in [-0.4, -0.2) is 31.8 Å². The number of nitrogens with zero attached hydrogens (tertiary/aromatic N) is 1. The molecule has 230 valence electrons. The van der Waals surface area contributed by atoms with Crippen LogP contribution in [0.1, 0.15) is 28.2 Å². The smallest absolute Gasteiger partial charge is 0.449 e. The van der Waals surface area contributed by atoms with Crippen LogP contribution in [0.3, 0.4) is 0 Å². The van der Waals surface area contributed by atoms with E-state index in [-0.39, 0.29) is 34.9 Å². The van der Waals surface area contributed by atoms with Crippen molar-refractivity contribution in [1.29, 1.82) is 0 Å². The zero-order valence-electron chi connectivity index (χ0n) is 23.9. The second-order valence-electron chi connectivity index (χ2n) is 10.4. The number of furan rings is 1. The molecule has 0 radical (unpaired) electrons. The number of benzene rings is 4. The van der Waals surface area contributed by atoms with Gasteiger partial charge in [-0.1, -0.05) is 54.6 Å². The number of alkyl halides is 3. The summed E-state index contributed by atoms with van der Waals surface area (Å²) in [6.45, 7) is -0.0831. The summed E-state index contributed by atoms with van der Waals surface area (Å²) < 4.78 is 90.0. The minimum atomic E-state index is -4.61. The molecule has 0 aliphatic carbocycles. The third-order valence-electron chi connectivity index (χ3n) is 7.32. The van der Waals surface area contributed by atoms with Crippen LogP contribution in [0.25, 0.3) is 21.9 Å². The predicted molar refractivity (Wildman–Crippen MR) is 158 cm³/mol. The molecule has 11 heteroatoms. The summed E-state index contributed by atoms with van der Waals surface area (Å²) in [7, 11) is -2.38. The van der Waals surface area contributed by atoms with Crippen molar-refractivity contribution in [2.75, 3.05) is 13.4 Å². The van der Waals surface area contributed by atoms with E-state index in [9.17, 15) is 31.1 Å². The molecule has 44 heavy (non-hydrogen) atoms. The Balaban J connectivity index is 1.51. The Kier molecular flexibility index (Phi) is 8.83. The number of ether oxygens (including phenoxy) is 1. The zero-order chi connectivity index (χ0) is 31.6. The minimum absolute atomic E-state index is 0.0652. The molecule has 0 aliphatic rings. The molecule has 1 aromatic heterocycles. The van der Waals surface area contributed by atoms with E-state index in [0.29, 0.717) is 23.4 Å². The molecule has 1 N–H and O–H groups in total. The Bertz CT molecular complexity index is 1910. The van der Waals surface area contributed by atoms with Gasteiger partial charge < -0.3 is 14.3 Å².